The van der Waals surface area contributed by atoms with Crippen molar-refractivity contribution >= 4 is 19.8 Å². The van der Waals surface area contributed by atoms with Crippen molar-refractivity contribution in [3.63, 3.8) is 0 Å². The third kappa shape index (κ3) is 38.7. The van der Waals surface area contributed by atoms with Crippen LogP contribution >= 0.6 is 7.82 Å². The van der Waals surface area contributed by atoms with Crippen molar-refractivity contribution in [1.29, 1.82) is 0 Å². The fourth-order valence-corrected chi connectivity index (χ4v) is 5.35. The summed E-state index contributed by atoms with van der Waals surface area (Å²) in [6.45, 7) is 2.06. The summed E-state index contributed by atoms with van der Waals surface area (Å²) in [7, 11) is -4.65. The van der Waals surface area contributed by atoms with Crippen LogP contribution in [0.2, 0.25) is 0 Å². The Hall–Kier alpha value is -3.37. The number of ether oxygens (including phenoxy) is 2. The second kappa shape index (κ2) is 38.9. The van der Waals surface area contributed by atoms with Crippen LogP contribution in [0.4, 0.5) is 0 Å². The van der Waals surface area contributed by atoms with Crippen LogP contribution in [0.25, 0.3) is 0 Å². The maximum atomic E-state index is 12.5. The van der Waals surface area contributed by atoms with Gasteiger partial charge in [-0.05, 0) is 51.4 Å². The Morgan fingerprint density at radius 3 is 1.73 bits per heavy atom. The number of esters is 2. The normalized spacial score (nSPS) is 15.1. The number of phosphoric ester groups is 1. The average Bonchev–Trinajstić information content (AvgIpc) is 3.17. The molecule has 0 heterocycles. The number of aliphatic hydroxyl groups is 2. The molecule has 0 aromatic heterocycles. The topological polar surface area (TPSA) is 149 Å². The van der Waals surface area contributed by atoms with Gasteiger partial charge in [0.1, 0.15) is 12.7 Å². The van der Waals surface area contributed by atoms with Crippen molar-refractivity contribution < 1.29 is 47.8 Å². The maximum Gasteiger partial charge on any atom is 0.472 e. The molecule has 0 spiro atoms. The van der Waals surface area contributed by atoms with Crippen molar-refractivity contribution in [3.05, 3.63) is 109 Å². The molecule has 10 nitrogen and oxygen atoms in total. The number of rotatable bonds is 35. The molecule has 0 aliphatic rings. The Bertz CT molecular complexity index is 1270. The molecule has 2 unspecified atom stereocenters. The minimum atomic E-state index is -4.65. The standard InChI is InChI=1S/C44H69O10P/c1-3-5-7-9-11-13-15-17-18-19-20-21-22-24-25-27-29-31-33-35-43(47)51-39-42(40-53-55(49,50)52-38-41(46)37-45)54-44(48)36-34-32-30-28-26-23-16-14-12-10-8-6-4-2/h5,7,9,11,13,15,17-26,30,32,41-42,45-46H,3-4,6,8,10,12,14,16,27-29,31,33-40H2,1-2H3,(H,49,50)/b7-5+,11-9+,15-13+,18-17+,20-19+,22-21+,25-24+,26-23+,32-30+/t41-,42?/m1/s1. The van der Waals surface area contributed by atoms with Crippen molar-refractivity contribution in [2.24, 2.45) is 0 Å². The van der Waals surface area contributed by atoms with Crippen LogP contribution in [0.5, 0.6) is 0 Å². The Morgan fingerprint density at radius 2 is 1.11 bits per heavy atom. The number of hydrogen-bond acceptors (Lipinski definition) is 9. The number of phosphoric acid groups is 1. The van der Waals surface area contributed by atoms with Crippen molar-refractivity contribution in [1.82, 2.24) is 0 Å². The fraction of sp³-hybridized carbons (Fsp3) is 0.545. The molecular formula is C44H69O10P. The van der Waals surface area contributed by atoms with Gasteiger partial charge in [0.15, 0.2) is 6.10 Å². The lowest BCUT2D eigenvalue weighted by Gasteiger charge is -2.20. The summed E-state index contributed by atoms with van der Waals surface area (Å²) in [5.74, 6) is -1.07. The average molecular weight is 789 g/mol. The first-order chi connectivity index (χ1) is 26.7. The first-order valence-electron chi connectivity index (χ1n) is 19.9. The largest absolute Gasteiger partial charge is 0.472 e. The van der Waals surface area contributed by atoms with E-state index in [1.165, 1.54) is 38.5 Å². The molecule has 0 fully saturated rings. The van der Waals surface area contributed by atoms with Gasteiger partial charge in [-0.15, -0.1) is 0 Å². The molecule has 55 heavy (non-hydrogen) atoms. The van der Waals surface area contributed by atoms with Gasteiger partial charge in [-0.3, -0.25) is 18.6 Å². The molecule has 0 rings (SSSR count). The molecule has 0 aliphatic heterocycles. The second-order valence-corrected chi connectivity index (χ2v) is 14.2. The van der Waals surface area contributed by atoms with E-state index in [1.807, 2.05) is 85.1 Å². The van der Waals surface area contributed by atoms with Crippen molar-refractivity contribution in [2.45, 2.75) is 129 Å². The van der Waals surface area contributed by atoms with Gasteiger partial charge in [0.05, 0.1) is 19.8 Å². The van der Waals surface area contributed by atoms with E-state index < -0.39 is 51.8 Å². The number of carbonyl (C=O) groups is 2. The third-order valence-electron chi connectivity index (χ3n) is 7.62. The maximum absolute atomic E-state index is 12.5. The highest BCUT2D eigenvalue weighted by Crippen LogP contribution is 2.43. The van der Waals surface area contributed by atoms with Crippen molar-refractivity contribution in [3.8, 4) is 0 Å². The smallest absolute Gasteiger partial charge is 0.462 e. The highest BCUT2D eigenvalue weighted by Gasteiger charge is 2.27. The SMILES string of the molecule is CC/C=C/C=C/C=C/C=C/C=C/C=C/C=C/CCCCCC(=O)OCC(COP(=O)(O)OC[C@H](O)CO)OC(=O)CC/C=C/C/C=C/CCCCCCCC. The number of carbonyl (C=O) groups excluding carboxylic acids is 2. The molecule has 3 atom stereocenters. The van der Waals surface area contributed by atoms with Gasteiger partial charge >= 0.3 is 19.8 Å². The summed E-state index contributed by atoms with van der Waals surface area (Å²) in [5.41, 5.74) is 0. The predicted molar refractivity (Wildman–Crippen MR) is 223 cm³/mol. The van der Waals surface area contributed by atoms with Crippen LogP contribution in [0.3, 0.4) is 0 Å². The lowest BCUT2D eigenvalue weighted by molar-refractivity contribution is -0.161. The van der Waals surface area contributed by atoms with Crippen LogP contribution in [0.15, 0.2) is 109 Å². The summed E-state index contributed by atoms with van der Waals surface area (Å²) in [5, 5.41) is 18.3. The molecule has 0 aliphatic carbocycles. The molecule has 11 heteroatoms. The van der Waals surface area contributed by atoms with Gasteiger partial charge < -0.3 is 24.6 Å². The summed E-state index contributed by atoms with van der Waals surface area (Å²) in [6.07, 6.45) is 47.8. The van der Waals surface area contributed by atoms with Crippen molar-refractivity contribution in [2.75, 3.05) is 26.4 Å². The highest BCUT2D eigenvalue weighted by molar-refractivity contribution is 7.47. The van der Waals surface area contributed by atoms with Crippen LogP contribution in [-0.4, -0.2) is 65.7 Å². The summed E-state index contributed by atoms with van der Waals surface area (Å²) in [6, 6.07) is 0. The zero-order valence-corrected chi connectivity index (χ0v) is 34.2. The number of allylic oxidation sites excluding steroid dienone is 18. The Balaban J connectivity index is 4.55. The number of hydrogen-bond donors (Lipinski definition) is 3. The van der Waals surface area contributed by atoms with Crippen LogP contribution in [0, 0.1) is 0 Å². The van der Waals surface area contributed by atoms with Gasteiger partial charge in [0.2, 0.25) is 0 Å². The van der Waals surface area contributed by atoms with Crippen LogP contribution in [-0.2, 0) is 32.7 Å². The molecular weight excluding hydrogens is 719 g/mol. The molecule has 0 radical (unpaired) electrons. The molecule has 0 aromatic carbocycles. The van der Waals surface area contributed by atoms with Gasteiger partial charge in [-0.1, -0.05) is 162 Å². The Kier molecular flexibility index (Phi) is 36.5. The van der Waals surface area contributed by atoms with Gasteiger partial charge in [-0.2, -0.15) is 0 Å². The van der Waals surface area contributed by atoms with Crippen LogP contribution in [0.1, 0.15) is 117 Å². The lowest BCUT2D eigenvalue weighted by atomic mass is 10.1. The first kappa shape index (κ1) is 51.6. The molecule has 0 saturated heterocycles. The number of unbranched alkanes of at least 4 members (excludes halogenated alkanes) is 9. The van der Waals surface area contributed by atoms with E-state index in [0.29, 0.717) is 12.8 Å². The minimum Gasteiger partial charge on any atom is -0.462 e. The first-order valence-corrected chi connectivity index (χ1v) is 21.4. The third-order valence-corrected chi connectivity index (χ3v) is 8.57. The Morgan fingerprint density at radius 1 is 0.582 bits per heavy atom. The lowest BCUT2D eigenvalue weighted by Crippen LogP contribution is -2.29. The molecule has 310 valence electrons. The highest BCUT2D eigenvalue weighted by atomic mass is 31.2. The molecule has 0 amide bonds. The van der Waals surface area contributed by atoms with Gasteiger partial charge in [0.25, 0.3) is 0 Å². The molecule has 3 N–H and O–H groups in total. The molecule has 0 bridgehead atoms. The van der Waals surface area contributed by atoms with Gasteiger partial charge in [-0.25, -0.2) is 4.57 Å². The fourth-order valence-electron chi connectivity index (χ4n) is 4.56. The predicted octanol–water partition coefficient (Wildman–Crippen LogP) is 10.2. The number of aliphatic hydroxyl groups excluding tert-OH is 2. The van der Waals surface area contributed by atoms with E-state index in [4.69, 9.17) is 19.1 Å². The van der Waals surface area contributed by atoms with E-state index in [-0.39, 0.29) is 19.4 Å². The van der Waals surface area contributed by atoms with E-state index in [2.05, 4.69) is 42.7 Å². The van der Waals surface area contributed by atoms with E-state index in [0.717, 1.165) is 38.5 Å². The second-order valence-electron chi connectivity index (χ2n) is 12.8. The minimum absolute atomic E-state index is 0.0600. The zero-order chi connectivity index (χ0) is 40.5. The quantitative estimate of drug-likeness (QED) is 0.0186. The van der Waals surface area contributed by atoms with Gasteiger partial charge in [0, 0.05) is 12.8 Å². The molecule has 0 saturated carbocycles. The Labute approximate surface area is 331 Å². The molecule has 0 aromatic rings. The van der Waals surface area contributed by atoms with E-state index >= 15 is 0 Å². The summed E-state index contributed by atoms with van der Waals surface area (Å²) in [4.78, 5) is 34.8. The zero-order valence-electron chi connectivity index (χ0n) is 33.3. The van der Waals surface area contributed by atoms with Crippen LogP contribution < -0.4 is 0 Å². The van der Waals surface area contributed by atoms with E-state index in [1.54, 1.807) is 0 Å². The van der Waals surface area contributed by atoms with E-state index in [9.17, 15) is 24.2 Å². The summed E-state index contributed by atoms with van der Waals surface area (Å²) >= 11 is 0. The summed E-state index contributed by atoms with van der Waals surface area (Å²) < 4.78 is 32.5. The monoisotopic (exact) mass is 788 g/mol.